The second kappa shape index (κ2) is 7.39. The fraction of sp³-hybridized carbons (Fsp3) is 0.800. The highest BCUT2D eigenvalue weighted by molar-refractivity contribution is 7.46. The second-order valence-electron chi connectivity index (χ2n) is 5.63. The zero-order valence-corrected chi connectivity index (χ0v) is 14.7. The van der Waals surface area contributed by atoms with Crippen LogP contribution < -0.4 is 5.32 Å². The molecule has 0 bridgehead atoms. The van der Waals surface area contributed by atoms with E-state index in [1.165, 1.54) is 0 Å². The number of imide groups is 1. The third-order valence-corrected chi connectivity index (χ3v) is 4.65. The smallest absolute Gasteiger partial charge is 0.350 e. The molecule has 15 heteroatoms. The number of amides is 3. The summed E-state index contributed by atoms with van der Waals surface area (Å²) in [6.45, 7) is 0.862. The highest BCUT2D eigenvalue weighted by Gasteiger charge is 2.46. The highest BCUT2D eigenvalue weighted by atomic mass is 31.2. The van der Waals surface area contributed by atoms with Crippen LogP contribution in [-0.4, -0.2) is 68.0 Å². The van der Waals surface area contributed by atoms with Gasteiger partial charge in [-0.3, -0.25) is 24.1 Å². The van der Waals surface area contributed by atoms with Gasteiger partial charge in [0.2, 0.25) is 5.91 Å². The Bertz CT molecular complexity index is 630. The molecule has 3 amide bonds. The Labute approximate surface area is 141 Å². The maximum Gasteiger partial charge on any atom is 0.469 e. The number of nitrogens with one attached hydrogen (secondary N) is 1. The minimum absolute atomic E-state index is 0.00400. The Morgan fingerprint density at radius 2 is 1.88 bits per heavy atom. The average Bonchev–Trinajstić information content (AvgIpc) is 2.80. The summed E-state index contributed by atoms with van der Waals surface area (Å²) in [6, 6.07) is -0.750. The van der Waals surface area contributed by atoms with Gasteiger partial charge in [0, 0.05) is 13.0 Å². The van der Waals surface area contributed by atoms with Crippen molar-refractivity contribution in [1.82, 2.24) is 10.2 Å². The summed E-state index contributed by atoms with van der Waals surface area (Å²) >= 11 is 0. The fourth-order valence-corrected chi connectivity index (χ4v) is 3.43. The molecule has 0 radical (unpaired) electrons. The fourth-order valence-electron chi connectivity index (χ4n) is 2.51. The normalized spacial score (nSPS) is 31.3. The Morgan fingerprint density at radius 3 is 2.44 bits per heavy atom. The highest BCUT2D eigenvalue weighted by Crippen LogP contribution is 2.44. The van der Waals surface area contributed by atoms with Crippen molar-refractivity contribution in [2.75, 3.05) is 13.2 Å². The minimum Gasteiger partial charge on any atom is -0.350 e. The molecule has 13 nitrogen and oxygen atoms in total. The van der Waals surface area contributed by atoms with Gasteiger partial charge in [0.25, 0.3) is 0 Å². The predicted octanol–water partition coefficient (Wildman–Crippen LogP) is -1.12. The van der Waals surface area contributed by atoms with Crippen molar-refractivity contribution in [2.24, 2.45) is 5.92 Å². The summed E-state index contributed by atoms with van der Waals surface area (Å²) in [5, 5.41) is 2.11. The van der Waals surface area contributed by atoms with Crippen molar-refractivity contribution in [3.05, 3.63) is 0 Å². The molecule has 2 rings (SSSR count). The summed E-state index contributed by atoms with van der Waals surface area (Å²) in [4.78, 5) is 59.9. The van der Waals surface area contributed by atoms with Gasteiger partial charge in [-0.05, 0) is 0 Å². The van der Waals surface area contributed by atoms with Gasteiger partial charge in [-0.1, -0.05) is 6.92 Å². The van der Waals surface area contributed by atoms with E-state index in [1.54, 1.807) is 6.92 Å². The zero-order valence-electron chi connectivity index (χ0n) is 12.9. The quantitative estimate of drug-likeness (QED) is 0.337. The van der Waals surface area contributed by atoms with Crippen LogP contribution in [0, 0.1) is 5.92 Å². The van der Waals surface area contributed by atoms with Crippen LogP contribution >= 0.6 is 15.6 Å². The van der Waals surface area contributed by atoms with Crippen molar-refractivity contribution in [3.63, 3.8) is 0 Å². The lowest BCUT2D eigenvalue weighted by molar-refractivity contribution is -0.128. The molecule has 2 aliphatic rings. The maximum atomic E-state index is 11.9. The number of hydrogen-bond donors (Lipinski definition) is 5. The van der Waals surface area contributed by atoms with E-state index in [2.05, 4.69) is 14.4 Å². The zero-order chi connectivity index (χ0) is 19.0. The summed E-state index contributed by atoms with van der Waals surface area (Å²) in [5.41, 5.74) is 0. The molecule has 0 aromatic rings. The maximum absolute atomic E-state index is 11.9. The first-order valence-corrected chi connectivity index (χ1v) is 10.1. The van der Waals surface area contributed by atoms with Crippen LogP contribution in [0.5, 0.6) is 0 Å². The lowest BCUT2D eigenvalue weighted by Crippen LogP contribution is -2.57. The van der Waals surface area contributed by atoms with E-state index in [1.807, 2.05) is 0 Å². The summed E-state index contributed by atoms with van der Waals surface area (Å²) in [7, 11) is -9.77. The molecule has 2 saturated heterocycles. The molecule has 0 aromatic heterocycles. The molecule has 4 atom stereocenters. The number of nitrogens with zero attached hydrogens (tertiary/aromatic N) is 1. The van der Waals surface area contributed by atoms with Crippen molar-refractivity contribution in [2.45, 2.75) is 31.8 Å². The Kier molecular flexibility index (Phi) is 6.04. The van der Waals surface area contributed by atoms with Crippen LogP contribution in [-0.2, 0) is 27.7 Å². The molecular formula is C10H18N2O11P2. The van der Waals surface area contributed by atoms with Gasteiger partial charge >= 0.3 is 21.7 Å². The Balaban J connectivity index is 2.10. The number of ether oxygens (including phenoxy) is 1. The SMILES string of the molecule is CC1CN([C@H]2C[C@H](OP(=O)(O)O)[C@@H](COP(=O)(O)O)O2)C(=O)NC1=O. The lowest BCUT2D eigenvalue weighted by atomic mass is 10.1. The molecule has 0 aromatic carbocycles. The Hall–Kier alpha value is -0.880. The molecule has 0 saturated carbocycles. The van der Waals surface area contributed by atoms with E-state index in [0.717, 1.165) is 4.90 Å². The van der Waals surface area contributed by atoms with Gasteiger partial charge in [-0.25, -0.2) is 13.9 Å². The van der Waals surface area contributed by atoms with Crippen molar-refractivity contribution >= 4 is 27.6 Å². The van der Waals surface area contributed by atoms with Crippen molar-refractivity contribution in [3.8, 4) is 0 Å². The number of carbonyl (C=O) groups excluding carboxylic acids is 2. The van der Waals surface area contributed by atoms with Crippen LogP contribution in [0.1, 0.15) is 13.3 Å². The molecule has 0 aliphatic carbocycles. The first kappa shape index (κ1) is 20.4. The largest absolute Gasteiger partial charge is 0.469 e. The van der Waals surface area contributed by atoms with Gasteiger partial charge < -0.3 is 24.3 Å². The third-order valence-electron chi connectivity index (χ3n) is 3.62. The van der Waals surface area contributed by atoms with E-state index in [4.69, 9.17) is 24.3 Å². The van der Waals surface area contributed by atoms with Gasteiger partial charge in [0.05, 0.1) is 12.5 Å². The monoisotopic (exact) mass is 404 g/mol. The minimum atomic E-state index is -4.92. The van der Waals surface area contributed by atoms with Crippen LogP contribution in [0.15, 0.2) is 0 Å². The van der Waals surface area contributed by atoms with E-state index in [-0.39, 0.29) is 13.0 Å². The Morgan fingerprint density at radius 1 is 1.24 bits per heavy atom. The number of urea groups is 1. The molecule has 2 heterocycles. The lowest BCUT2D eigenvalue weighted by Gasteiger charge is -2.34. The molecule has 5 N–H and O–H groups in total. The van der Waals surface area contributed by atoms with E-state index in [9.17, 15) is 18.7 Å². The molecule has 2 fully saturated rings. The van der Waals surface area contributed by atoms with E-state index < -0.39 is 58.5 Å². The van der Waals surface area contributed by atoms with E-state index in [0.29, 0.717) is 0 Å². The molecule has 25 heavy (non-hydrogen) atoms. The van der Waals surface area contributed by atoms with Gasteiger partial charge in [0.15, 0.2) is 0 Å². The summed E-state index contributed by atoms with van der Waals surface area (Å²) in [5.74, 6) is -1.00. The molecule has 1 unspecified atom stereocenters. The molecule has 144 valence electrons. The molecule has 0 spiro atoms. The number of phosphoric ester groups is 2. The van der Waals surface area contributed by atoms with Crippen molar-refractivity contribution < 1.29 is 52.1 Å². The first-order chi connectivity index (χ1) is 11.4. The summed E-state index contributed by atoms with van der Waals surface area (Å²) < 4.78 is 36.1. The number of carbonyl (C=O) groups is 2. The molecule has 2 aliphatic heterocycles. The van der Waals surface area contributed by atoms with Crippen LogP contribution in [0.4, 0.5) is 4.79 Å². The van der Waals surface area contributed by atoms with Gasteiger partial charge in [0.1, 0.15) is 18.4 Å². The number of phosphoric acid groups is 2. The first-order valence-electron chi connectivity index (χ1n) is 7.06. The van der Waals surface area contributed by atoms with Gasteiger partial charge in [-0.2, -0.15) is 0 Å². The second-order valence-corrected chi connectivity index (χ2v) is 8.06. The topological polar surface area (TPSA) is 192 Å². The standard InChI is InChI=1S/C10H18N2O11P2/c1-5-3-12(10(14)11-9(5)13)8-2-6(23-25(18,19)20)7(22-8)4-21-24(15,16)17/h5-8H,2-4H2,1H3,(H,11,13,14)(H2,15,16,17)(H2,18,19,20)/t5?,6-,7+,8+/m0/s1. The predicted molar refractivity (Wildman–Crippen MR) is 77.6 cm³/mol. The van der Waals surface area contributed by atoms with Gasteiger partial charge in [-0.15, -0.1) is 0 Å². The van der Waals surface area contributed by atoms with Crippen LogP contribution in [0.25, 0.3) is 0 Å². The number of rotatable bonds is 6. The van der Waals surface area contributed by atoms with Crippen molar-refractivity contribution in [1.29, 1.82) is 0 Å². The van der Waals surface area contributed by atoms with Crippen LogP contribution in [0.2, 0.25) is 0 Å². The number of hydrogen-bond acceptors (Lipinski definition) is 7. The van der Waals surface area contributed by atoms with E-state index >= 15 is 0 Å². The third kappa shape index (κ3) is 5.81. The van der Waals surface area contributed by atoms with Crippen LogP contribution in [0.3, 0.4) is 0 Å². The molecular weight excluding hydrogens is 386 g/mol. The average molecular weight is 404 g/mol. The summed E-state index contributed by atoms with van der Waals surface area (Å²) in [6.07, 6.45) is -3.73.